The third-order valence-electron chi connectivity index (χ3n) is 4.15. The van der Waals surface area contributed by atoms with Gasteiger partial charge in [-0.25, -0.2) is 4.39 Å². The third-order valence-corrected chi connectivity index (χ3v) is 5.02. The maximum absolute atomic E-state index is 14.5. The van der Waals surface area contributed by atoms with E-state index in [4.69, 9.17) is 28.9 Å². The van der Waals surface area contributed by atoms with Crippen molar-refractivity contribution < 1.29 is 9.18 Å². The van der Waals surface area contributed by atoms with Crippen LogP contribution in [-0.4, -0.2) is 24.2 Å². The zero-order valence-corrected chi connectivity index (χ0v) is 15.4. The van der Waals surface area contributed by atoms with Crippen LogP contribution in [0.5, 0.6) is 0 Å². The zero-order valence-electron chi connectivity index (χ0n) is 13.9. The Bertz CT molecular complexity index is 925. The Morgan fingerprint density at radius 1 is 1.16 bits per heavy atom. The highest BCUT2D eigenvalue weighted by molar-refractivity contribution is 6.46. The van der Waals surface area contributed by atoms with Gasteiger partial charge in [-0.05, 0) is 32.0 Å². The number of nitrogens with two attached hydrogens (primary N) is 1. The lowest BCUT2D eigenvalue weighted by Gasteiger charge is -2.25. The number of aliphatic imine (C=N–C) groups is 1. The van der Waals surface area contributed by atoms with E-state index in [0.29, 0.717) is 17.0 Å². The molecule has 0 fully saturated rings. The van der Waals surface area contributed by atoms with Crippen molar-refractivity contribution in [3.63, 3.8) is 0 Å². The number of anilines is 2. The summed E-state index contributed by atoms with van der Waals surface area (Å²) in [6, 6.07) is 7.79. The van der Waals surface area contributed by atoms with Gasteiger partial charge in [0.2, 0.25) is 0 Å². The molecule has 2 aromatic rings. The molecule has 1 amide bonds. The highest BCUT2D eigenvalue weighted by Crippen LogP contribution is 2.43. The number of benzodiazepines with no additional fused rings is 1. The van der Waals surface area contributed by atoms with E-state index in [1.807, 2.05) is 0 Å². The molecule has 0 aliphatic carbocycles. The number of likely N-dealkylation sites (N-methyl/N-ethyl adjacent to an activating group) is 1. The number of hydrogen-bond acceptors (Lipinski definition) is 3. The molecule has 0 aromatic heterocycles. The molecular weight excluding hydrogens is 364 g/mol. The van der Waals surface area contributed by atoms with Gasteiger partial charge in [0, 0.05) is 18.2 Å². The van der Waals surface area contributed by atoms with Gasteiger partial charge in [0.15, 0.2) is 0 Å². The summed E-state index contributed by atoms with van der Waals surface area (Å²) in [6.45, 7) is 3.33. The zero-order chi connectivity index (χ0) is 18.5. The molecule has 0 saturated carbocycles. The number of carbonyl (C=O) groups is 1. The summed E-state index contributed by atoms with van der Waals surface area (Å²) in [4.78, 5) is 18.8. The van der Waals surface area contributed by atoms with Crippen molar-refractivity contribution in [2.24, 2.45) is 4.99 Å². The van der Waals surface area contributed by atoms with Crippen LogP contribution in [0.25, 0.3) is 0 Å². The Kier molecular flexibility index (Phi) is 4.25. The van der Waals surface area contributed by atoms with Crippen LogP contribution in [0.1, 0.15) is 25.0 Å². The highest BCUT2D eigenvalue weighted by Gasteiger charge is 2.38. The number of nitrogen functional groups attached to an aromatic ring is 1. The first-order valence-corrected chi connectivity index (χ1v) is 8.31. The lowest BCUT2D eigenvalue weighted by atomic mass is 9.98. The van der Waals surface area contributed by atoms with E-state index >= 15 is 0 Å². The molecule has 0 atom stereocenters. The Labute approximate surface area is 155 Å². The number of halogens is 3. The molecule has 0 spiro atoms. The molecule has 1 aliphatic rings. The summed E-state index contributed by atoms with van der Waals surface area (Å²) in [5.41, 5.74) is 6.45. The molecule has 130 valence electrons. The fourth-order valence-corrected chi connectivity index (χ4v) is 3.38. The van der Waals surface area contributed by atoms with Crippen molar-refractivity contribution in [1.29, 1.82) is 0 Å². The Hall–Kier alpha value is -2.11. The number of fused-ring (bicyclic) bond motifs is 1. The van der Waals surface area contributed by atoms with Crippen molar-refractivity contribution in [2.45, 2.75) is 19.4 Å². The molecule has 2 N–H and O–H groups in total. The van der Waals surface area contributed by atoms with Crippen LogP contribution in [0.3, 0.4) is 0 Å². The first kappa shape index (κ1) is 17.7. The van der Waals surface area contributed by atoms with E-state index in [9.17, 15) is 9.18 Å². The van der Waals surface area contributed by atoms with Crippen molar-refractivity contribution in [3.05, 3.63) is 57.3 Å². The standard InChI is InChI=1S/C18H16Cl2FN3O/c1-18(2)17(25)24(3)16-10(8-12(22)13(19)14(16)20)15(23-18)9-6-4-5-7-11(9)21/h4-8H,22H2,1-3H3. The second kappa shape index (κ2) is 6.00. The Morgan fingerprint density at radius 3 is 2.44 bits per heavy atom. The minimum absolute atomic E-state index is 0.134. The second-order valence-corrected chi connectivity index (χ2v) is 7.11. The maximum atomic E-state index is 14.5. The van der Waals surface area contributed by atoms with Gasteiger partial charge in [-0.1, -0.05) is 35.3 Å². The third kappa shape index (κ3) is 2.77. The minimum atomic E-state index is -1.12. The molecule has 0 saturated heterocycles. The number of hydrogen-bond donors (Lipinski definition) is 1. The molecule has 7 heteroatoms. The lowest BCUT2D eigenvalue weighted by Crippen LogP contribution is -2.41. The molecule has 0 unspecified atom stereocenters. The van der Waals surface area contributed by atoms with Gasteiger partial charge in [-0.3, -0.25) is 9.79 Å². The van der Waals surface area contributed by atoms with Gasteiger partial charge in [0.25, 0.3) is 5.91 Å². The molecule has 25 heavy (non-hydrogen) atoms. The molecule has 1 heterocycles. The monoisotopic (exact) mass is 379 g/mol. The summed E-state index contributed by atoms with van der Waals surface area (Å²) in [5, 5.41) is 0.280. The van der Waals surface area contributed by atoms with Crippen LogP contribution in [0.15, 0.2) is 35.3 Å². The van der Waals surface area contributed by atoms with Gasteiger partial charge in [-0.15, -0.1) is 0 Å². The first-order valence-electron chi connectivity index (χ1n) is 7.56. The van der Waals surface area contributed by atoms with Crippen LogP contribution in [0.4, 0.5) is 15.8 Å². The second-order valence-electron chi connectivity index (χ2n) is 6.35. The van der Waals surface area contributed by atoms with E-state index in [2.05, 4.69) is 4.99 Å². The molecule has 0 radical (unpaired) electrons. The van der Waals surface area contributed by atoms with E-state index in [0.717, 1.165) is 0 Å². The van der Waals surface area contributed by atoms with Crippen LogP contribution in [0, 0.1) is 5.82 Å². The van der Waals surface area contributed by atoms with Gasteiger partial charge in [-0.2, -0.15) is 0 Å². The van der Waals surface area contributed by atoms with Gasteiger partial charge in [0.05, 0.1) is 27.1 Å². The van der Waals surface area contributed by atoms with E-state index in [1.165, 1.54) is 11.0 Å². The van der Waals surface area contributed by atoms with E-state index in [-0.39, 0.29) is 27.2 Å². The normalized spacial score (nSPS) is 16.3. The van der Waals surface area contributed by atoms with Gasteiger partial charge >= 0.3 is 0 Å². The quantitative estimate of drug-likeness (QED) is 0.750. The van der Waals surface area contributed by atoms with Crippen molar-refractivity contribution >= 4 is 46.2 Å². The number of benzene rings is 2. The van der Waals surface area contributed by atoms with Crippen molar-refractivity contribution in [2.75, 3.05) is 17.7 Å². The molecule has 4 nitrogen and oxygen atoms in total. The molecule has 2 aromatic carbocycles. The Morgan fingerprint density at radius 2 is 1.80 bits per heavy atom. The van der Waals surface area contributed by atoms with Crippen molar-refractivity contribution in [3.8, 4) is 0 Å². The largest absolute Gasteiger partial charge is 0.397 e. The average Bonchev–Trinajstić information content (AvgIpc) is 2.63. The highest BCUT2D eigenvalue weighted by atomic mass is 35.5. The van der Waals surface area contributed by atoms with Crippen LogP contribution < -0.4 is 10.6 Å². The van der Waals surface area contributed by atoms with Gasteiger partial charge < -0.3 is 10.6 Å². The van der Waals surface area contributed by atoms with E-state index in [1.54, 1.807) is 45.2 Å². The van der Waals surface area contributed by atoms with E-state index < -0.39 is 11.4 Å². The van der Waals surface area contributed by atoms with Crippen LogP contribution >= 0.6 is 23.2 Å². The van der Waals surface area contributed by atoms with Crippen molar-refractivity contribution in [1.82, 2.24) is 0 Å². The topological polar surface area (TPSA) is 58.7 Å². The minimum Gasteiger partial charge on any atom is -0.397 e. The number of amides is 1. The molecule has 3 rings (SSSR count). The maximum Gasteiger partial charge on any atom is 0.254 e. The molecular formula is C18H16Cl2FN3O. The predicted molar refractivity (Wildman–Crippen MR) is 100 cm³/mol. The smallest absolute Gasteiger partial charge is 0.254 e. The average molecular weight is 380 g/mol. The lowest BCUT2D eigenvalue weighted by molar-refractivity contribution is -0.122. The first-order chi connectivity index (χ1) is 11.6. The molecule has 1 aliphatic heterocycles. The number of nitrogens with zero attached hydrogens (tertiary/aromatic N) is 2. The summed E-state index contributed by atoms with van der Waals surface area (Å²) >= 11 is 12.5. The Balaban J connectivity index is 2.44. The molecule has 0 bridgehead atoms. The summed E-state index contributed by atoms with van der Waals surface area (Å²) in [5.74, 6) is -0.743. The summed E-state index contributed by atoms with van der Waals surface area (Å²) in [7, 11) is 1.58. The number of carbonyl (C=O) groups excluding carboxylic acids is 1. The van der Waals surface area contributed by atoms with Crippen LogP contribution in [-0.2, 0) is 4.79 Å². The van der Waals surface area contributed by atoms with Crippen LogP contribution in [0.2, 0.25) is 10.0 Å². The summed E-state index contributed by atoms with van der Waals surface area (Å²) in [6.07, 6.45) is 0. The summed E-state index contributed by atoms with van der Waals surface area (Å²) < 4.78 is 14.5. The van der Waals surface area contributed by atoms with Gasteiger partial charge in [0.1, 0.15) is 11.4 Å². The number of rotatable bonds is 1. The fraction of sp³-hybridized carbons (Fsp3) is 0.222. The predicted octanol–water partition coefficient (Wildman–Crippen LogP) is 4.31. The fourth-order valence-electron chi connectivity index (χ4n) is 2.90. The SMILES string of the molecule is CN1C(=O)C(C)(C)N=C(c2ccccc2F)c2cc(N)c(Cl)c(Cl)c21.